The molecule has 3 N–H and O–H groups in total. The van der Waals surface area contributed by atoms with Crippen LogP contribution in [-0.4, -0.2) is 17.1 Å². The minimum absolute atomic E-state index is 0.0597. The lowest BCUT2D eigenvalue weighted by atomic mass is 10.0. The molecule has 5 heteroatoms. The van der Waals surface area contributed by atoms with Gasteiger partial charge in [0.25, 0.3) is 0 Å². The third-order valence-corrected chi connectivity index (χ3v) is 2.99. The van der Waals surface area contributed by atoms with Crippen molar-refractivity contribution >= 4 is 29.3 Å². The maximum atomic E-state index is 11.4. The number of carbonyl (C=O) groups excluding carboxylic acids is 1. The van der Waals surface area contributed by atoms with Crippen LogP contribution in [0.2, 0.25) is 0 Å². The second-order valence-corrected chi connectivity index (χ2v) is 4.93. The van der Waals surface area contributed by atoms with Crippen LogP contribution in [0, 0.1) is 0 Å². The first-order chi connectivity index (χ1) is 10.1. The number of carbonyl (C=O) groups is 1. The van der Waals surface area contributed by atoms with Gasteiger partial charge in [-0.2, -0.15) is 5.10 Å². The highest BCUT2D eigenvalue weighted by Crippen LogP contribution is 2.21. The van der Waals surface area contributed by atoms with Crippen LogP contribution in [0.5, 0.6) is 0 Å². The maximum Gasteiger partial charge on any atom is 0.184 e. The van der Waals surface area contributed by atoms with Crippen molar-refractivity contribution in [1.29, 1.82) is 0 Å². The Morgan fingerprint density at radius 1 is 1.19 bits per heavy atom. The summed E-state index contributed by atoms with van der Waals surface area (Å²) in [4.78, 5) is 11.4. The van der Waals surface area contributed by atoms with E-state index in [2.05, 4.69) is 22.7 Å². The summed E-state index contributed by atoms with van der Waals surface area (Å²) in [6.07, 6.45) is 1.63. The molecule has 4 nitrogen and oxygen atoms in total. The second kappa shape index (κ2) is 6.76. The summed E-state index contributed by atoms with van der Waals surface area (Å²) in [5.74, 6) is 0.0597. The summed E-state index contributed by atoms with van der Waals surface area (Å²) in [6, 6.07) is 15.4. The van der Waals surface area contributed by atoms with Gasteiger partial charge in [-0.15, -0.1) is 0 Å². The van der Waals surface area contributed by atoms with E-state index < -0.39 is 0 Å². The molecule has 0 amide bonds. The van der Waals surface area contributed by atoms with Crippen molar-refractivity contribution in [2.45, 2.75) is 6.92 Å². The molecule has 0 heterocycles. The van der Waals surface area contributed by atoms with Gasteiger partial charge in [0.05, 0.1) is 6.21 Å². The van der Waals surface area contributed by atoms with Crippen LogP contribution in [0.4, 0.5) is 0 Å². The minimum atomic E-state index is 0.0597. The minimum Gasteiger partial charge on any atom is -0.375 e. The Kier molecular flexibility index (Phi) is 4.79. The van der Waals surface area contributed by atoms with Crippen molar-refractivity contribution in [3.05, 3.63) is 59.7 Å². The monoisotopic (exact) mass is 297 g/mol. The van der Waals surface area contributed by atoms with E-state index in [0.717, 1.165) is 16.7 Å². The summed E-state index contributed by atoms with van der Waals surface area (Å²) in [5.41, 5.74) is 11.5. The highest BCUT2D eigenvalue weighted by molar-refractivity contribution is 7.80. The SMILES string of the molecule is CC(=O)c1cccc(-c2ccc(C=NNC(N)=S)cc2)c1. The molecule has 0 aliphatic rings. The van der Waals surface area contributed by atoms with Gasteiger partial charge in [-0.25, -0.2) is 0 Å². The number of Topliss-reactive ketones (excluding diaryl/α,β-unsaturated/α-hetero) is 1. The quantitative estimate of drug-likeness (QED) is 0.394. The average Bonchev–Trinajstić information content (AvgIpc) is 2.48. The number of rotatable bonds is 4. The fraction of sp³-hybridized carbons (Fsp3) is 0.0625. The van der Waals surface area contributed by atoms with Gasteiger partial charge in [0.15, 0.2) is 10.9 Å². The fourth-order valence-electron chi connectivity index (χ4n) is 1.85. The number of ketones is 1. The molecular weight excluding hydrogens is 282 g/mol. The third-order valence-electron chi connectivity index (χ3n) is 2.90. The molecule has 0 atom stereocenters. The fourth-order valence-corrected chi connectivity index (χ4v) is 1.90. The van der Waals surface area contributed by atoms with Crippen molar-refractivity contribution < 1.29 is 4.79 Å². The highest BCUT2D eigenvalue weighted by Gasteiger charge is 2.02. The smallest absolute Gasteiger partial charge is 0.184 e. The number of nitrogens with two attached hydrogens (primary N) is 1. The summed E-state index contributed by atoms with van der Waals surface area (Å²) in [5, 5.41) is 4.02. The molecule has 0 spiro atoms. The Hall–Kier alpha value is -2.53. The molecule has 0 saturated heterocycles. The van der Waals surface area contributed by atoms with Crippen LogP contribution in [0.1, 0.15) is 22.8 Å². The lowest BCUT2D eigenvalue weighted by Crippen LogP contribution is -2.23. The molecule has 0 bridgehead atoms. The van der Waals surface area contributed by atoms with Gasteiger partial charge in [0, 0.05) is 5.56 Å². The van der Waals surface area contributed by atoms with Gasteiger partial charge in [-0.05, 0) is 41.9 Å². The topological polar surface area (TPSA) is 67.5 Å². The van der Waals surface area contributed by atoms with E-state index in [1.54, 1.807) is 13.1 Å². The molecule has 0 radical (unpaired) electrons. The average molecular weight is 297 g/mol. The van der Waals surface area contributed by atoms with Gasteiger partial charge in [-0.1, -0.05) is 42.5 Å². The molecular formula is C16H15N3OS. The molecule has 21 heavy (non-hydrogen) atoms. The number of nitrogens with one attached hydrogen (secondary N) is 1. The number of benzene rings is 2. The first kappa shape index (κ1) is 14.9. The molecule has 2 rings (SSSR count). The number of thiocarbonyl (C=S) groups is 1. The number of hydrogen-bond donors (Lipinski definition) is 2. The Bertz CT molecular complexity index is 693. The van der Waals surface area contributed by atoms with Gasteiger partial charge < -0.3 is 5.73 Å². The van der Waals surface area contributed by atoms with Crippen LogP contribution in [-0.2, 0) is 0 Å². The van der Waals surface area contributed by atoms with Crippen molar-refractivity contribution in [2.24, 2.45) is 10.8 Å². The first-order valence-corrected chi connectivity index (χ1v) is 6.77. The van der Waals surface area contributed by atoms with E-state index in [0.29, 0.717) is 5.56 Å². The molecule has 0 fully saturated rings. The van der Waals surface area contributed by atoms with E-state index in [1.807, 2.05) is 48.5 Å². The van der Waals surface area contributed by atoms with E-state index in [1.165, 1.54) is 0 Å². The van der Waals surface area contributed by atoms with Crippen LogP contribution in [0.15, 0.2) is 53.6 Å². The summed E-state index contributed by atoms with van der Waals surface area (Å²) < 4.78 is 0. The van der Waals surface area contributed by atoms with E-state index in [4.69, 9.17) is 5.73 Å². The largest absolute Gasteiger partial charge is 0.375 e. The Balaban J connectivity index is 2.19. The normalized spacial score (nSPS) is 10.5. The summed E-state index contributed by atoms with van der Waals surface area (Å²) in [7, 11) is 0. The maximum absolute atomic E-state index is 11.4. The lowest BCUT2D eigenvalue weighted by molar-refractivity contribution is 0.101. The molecule has 2 aromatic rings. The number of nitrogens with zero attached hydrogens (tertiary/aromatic N) is 1. The molecule has 0 saturated carbocycles. The molecule has 0 unspecified atom stereocenters. The zero-order chi connectivity index (χ0) is 15.2. The Morgan fingerprint density at radius 3 is 2.52 bits per heavy atom. The van der Waals surface area contributed by atoms with Crippen LogP contribution in [0.25, 0.3) is 11.1 Å². The van der Waals surface area contributed by atoms with Crippen molar-refractivity contribution in [3.8, 4) is 11.1 Å². The van der Waals surface area contributed by atoms with Crippen molar-refractivity contribution in [1.82, 2.24) is 5.43 Å². The molecule has 0 aliphatic heterocycles. The summed E-state index contributed by atoms with van der Waals surface area (Å²) >= 11 is 4.65. The Morgan fingerprint density at radius 2 is 1.90 bits per heavy atom. The van der Waals surface area contributed by atoms with Crippen LogP contribution >= 0.6 is 12.2 Å². The first-order valence-electron chi connectivity index (χ1n) is 6.36. The highest BCUT2D eigenvalue weighted by atomic mass is 32.1. The van der Waals surface area contributed by atoms with E-state index in [-0.39, 0.29) is 10.9 Å². The molecule has 106 valence electrons. The predicted molar refractivity (Wildman–Crippen MR) is 89.4 cm³/mol. The third kappa shape index (κ3) is 4.22. The van der Waals surface area contributed by atoms with Crippen LogP contribution < -0.4 is 11.2 Å². The van der Waals surface area contributed by atoms with E-state index >= 15 is 0 Å². The number of hydrogen-bond acceptors (Lipinski definition) is 3. The van der Waals surface area contributed by atoms with Gasteiger partial charge in [-0.3, -0.25) is 10.2 Å². The molecule has 2 aromatic carbocycles. The van der Waals surface area contributed by atoms with Gasteiger partial charge >= 0.3 is 0 Å². The molecule has 0 aliphatic carbocycles. The predicted octanol–water partition coefficient (Wildman–Crippen LogP) is 2.72. The summed E-state index contributed by atoms with van der Waals surface area (Å²) in [6.45, 7) is 1.56. The number of hydrazone groups is 1. The van der Waals surface area contributed by atoms with Gasteiger partial charge in [0.1, 0.15) is 0 Å². The molecule has 0 aromatic heterocycles. The van der Waals surface area contributed by atoms with Crippen LogP contribution in [0.3, 0.4) is 0 Å². The van der Waals surface area contributed by atoms with Crippen molar-refractivity contribution in [2.75, 3.05) is 0 Å². The zero-order valence-corrected chi connectivity index (χ0v) is 12.4. The standard InChI is InChI=1S/C16H15N3OS/c1-11(20)14-3-2-4-15(9-14)13-7-5-12(6-8-13)10-18-19-16(17)21/h2-10H,1H3,(H3,17,19,21). The lowest BCUT2D eigenvalue weighted by Gasteiger charge is -2.04. The zero-order valence-electron chi connectivity index (χ0n) is 11.5. The van der Waals surface area contributed by atoms with Gasteiger partial charge in [0.2, 0.25) is 0 Å². The Labute approximate surface area is 128 Å². The van der Waals surface area contributed by atoms with Crippen molar-refractivity contribution in [3.63, 3.8) is 0 Å². The van der Waals surface area contributed by atoms with E-state index in [9.17, 15) is 4.79 Å². The second-order valence-electron chi connectivity index (χ2n) is 4.49.